The van der Waals surface area contributed by atoms with E-state index in [1.54, 1.807) is 6.07 Å². The van der Waals surface area contributed by atoms with Crippen LogP contribution in [0.1, 0.15) is 31.4 Å². The van der Waals surface area contributed by atoms with Gasteiger partial charge in [0.05, 0.1) is 22.8 Å². The summed E-state index contributed by atoms with van der Waals surface area (Å²) in [6.45, 7) is 0.142. The molecule has 34 heavy (non-hydrogen) atoms. The number of pyridine rings is 1. The third kappa shape index (κ3) is 6.36. The standard InChI is InChI=1S/C25H24Cl2FN3O3/c26-17-4-10-23-16(11-17)3-7-19(30-23)13-29-25(33)15-1-5-18(6-2-15)31-24(32)14-34-20-8-9-21(27)22(28)12-20/h3-4,7-12,15,18H,1-2,5-6,13-14H2,(H,29,33)(H,31,32). The van der Waals surface area contributed by atoms with E-state index < -0.39 is 5.82 Å². The maximum atomic E-state index is 13.5. The zero-order chi connectivity index (χ0) is 24.1. The van der Waals surface area contributed by atoms with Gasteiger partial charge in [0, 0.05) is 28.4 Å². The van der Waals surface area contributed by atoms with E-state index in [-0.39, 0.29) is 41.2 Å². The van der Waals surface area contributed by atoms with Gasteiger partial charge in [0.1, 0.15) is 11.6 Å². The van der Waals surface area contributed by atoms with Crippen LogP contribution in [-0.2, 0) is 16.1 Å². The van der Waals surface area contributed by atoms with E-state index in [9.17, 15) is 14.0 Å². The molecule has 2 N–H and O–H groups in total. The molecule has 0 bridgehead atoms. The Kier molecular flexibility index (Phi) is 7.85. The van der Waals surface area contributed by atoms with Crippen molar-refractivity contribution < 1.29 is 18.7 Å². The molecule has 1 aromatic heterocycles. The highest BCUT2D eigenvalue weighted by atomic mass is 35.5. The third-order valence-corrected chi connectivity index (χ3v) is 6.42. The number of benzene rings is 2. The van der Waals surface area contributed by atoms with Crippen molar-refractivity contribution in [2.45, 2.75) is 38.3 Å². The Morgan fingerprint density at radius 3 is 2.59 bits per heavy atom. The van der Waals surface area contributed by atoms with E-state index >= 15 is 0 Å². The number of carbonyl (C=O) groups is 2. The number of amides is 2. The summed E-state index contributed by atoms with van der Waals surface area (Å²) in [5.41, 5.74) is 1.61. The Balaban J connectivity index is 1.18. The summed E-state index contributed by atoms with van der Waals surface area (Å²) in [6.07, 6.45) is 2.77. The summed E-state index contributed by atoms with van der Waals surface area (Å²) in [5, 5.41) is 7.50. The number of hydrogen-bond donors (Lipinski definition) is 2. The summed E-state index contributed by atoms with van der Waals surface area (Å²) in [7, 11) is 0. The highest BCUT2D eigenvalue weighted by Gasteiger charge is 2.27. The van der Waals surface area contributed by atoms with Crippen LogP contribution in [0, 0.1) is 11.7 Å². The molecule has 178 valence electrons. The number of rotatable bonds is 7. The van der Waals surface area contributed by atoms with E-state index in [4.69, 9.17) is 27.9 Å². The SMILES string of the molecule is O=C(COc1ccc(Cl)c(F)c1)NC1CCC(C(=O)NCc2ccc3cc(Cl)ccc3n2)CC1. The smallest absolute Gasteiger partial charge is 0.258 e. The van der Waals surface area contributed by atoms with Crippen LogP contribution in [0.2, 0.25) is 10.0 Å². The van der Waals surface area contributed by atoms with Crippen LogP contribution in [0.15, 0.2) is 48.5 Å². The molecule has 9 heteroatoms. The van der Waals surface area contributed by atoms with Crippen LogP contribution in [0.5, 0.6) is 5.75 Å². The molecule has 2 aromatic carbocycles. The van der Waals surface area contributed by atoms with E-state index in [0.717, 1.165) is 22.7 Å². The number of nitrogens with zero attached hydrogens (tertiary/aromatic N) is 1. The molecule has 2 amide bonds. The van der Waals surface area contributed by atoms with Crippen molar-refractivity contribution in [1.82, 2.24) is 15.6 Å². The lowest BCUT2D eigenvalue weighted by atomic mass is 9.85. The summed E-state index contributed by atoms with van der Waals surface area (Å²) >= 11 is 11.6. The molecule has 1 heterocycles. The Morgan fingerprint density at radius 1 is 1.03 bits per heavy atom. The molecule has 0 unspecified atom stereocenters. The van der Waals surface area contributed by atoms with Gasteiger partial charge in [-0.25, -0.2) is 4.39 Å². The quantitative estimate of drug-likeness (QED) is 0.472. The average molecular weight is 504 g/mol. The normalized spacial score (nSPS) is 17.9. The minimum atomic E-state index is -0.600. The van der Waals surface area contributed by atoms with Gasteiger partial charge in [0.2, 0.25) is 5.91 Å². The van der Waals surface area contributed by atoms with Gasteiger partial charge in [0.15, 0.2) is 6.61 Å². The van der Waals surface area contributed by atoms with Gasteiger partial charge in [-0.3, -0.25) is 14.6 Å². The van der Waals surface area contributed by atoms with E-state index in [0.29, 0.717) is 37.3 Å². The lowest BCUT2D eigenvalue weighted by Crippen LogP contribution is -2.42. The summed E-state index contributed by atoms with van der Waals surface area (Å²) < 4.78 is 18.8. The van der Waals surface area contributed by atoms with Gasteiger partial charge >= 0.3 is 0 Å². The first-order valence-electron chi connectivity index (χ1n) is 11.1. The fourth-order valence-electron chi connectivity index (χ4n) is 4.04. The number of nitrogens with one attached hydrogen (secondary N) is 2. The maximum absolute atomic E-state index is 13.5. The zero-order valence-electron chi connectivity index (χ0n) is 18.3. The molecule has 1 saturated carbocycles. The fourth-order valence-corrected chi connectivity index (χ4v) is 4.34. The van der Waals surface area contributed by atoms with E-state index in [1.165, 1.54) is 12.1 Å². The second-order valence-corrected chi connectivity index (χ2v) is 9.18. The Bertz CT molecular complexity index is 1200. The van der Waals surface area contributed by atoms with Crippen LogP contribution in [0.3, 0.4) is 0 Å². The van der Waals surface area contributed by atoms with Gasteiger partial charge < -0.3 is 15.4 Å². The molecule has 6 nitrogen and oxygen atoms in total. The number of hydrogen-bond acceptors (Lipinski definition) is 4. The maximum Gasteiger partial charge on any atom is 0.258 e. The minimum Gasteiger partial charge on any atom is -0.484 e. The second kappa shape index (κ2) is 11.0. The van der Waals surface area contributed by atoms with Crippen LogP contribution in [0.4, 0.5) is 4.39 Å². The van der Waals surface area contributed by atoms with Crippen molar-refractivity contribution in [2.24, 2.45) is 5.92 Å². The summed E-state index contributed by atoms with van der Waals surface area (Å²) in [6, 6.07) is 13.3. The van der Waals surface area contributed by atoms with Crippen molar-refractivity contribution in [3.05, 3.63) is 70.1 Å². The monoisotopic (exact) mass is 503 g/mol. The van der Waals surface area contributed by atoms with E-state index in [1.807, 2.05) is 24.3 Å². The Hall–Kier alpha value is -2.90. The molecule has 1 aliphatic rings. The lowest BCUT2D eigenvalue weighted by Gasteiger charge is -2.28. The van der Waals surface area contributed by atoms with Crippen molar-refractivity contribution in [3.63, 3.8) is 0 Å². The lowest BCUT2D eigenvalue weighted by molar-refractivity contribution is -0.126. The molecule has 0 spiro atoms. The summed E-state index contributed by atoms with van der Waals surface area (Å²) in [5.74, 6) is -0.747. The number of fused-ring (bicyclic) bond motifs is 1. The first-order valence-corrected chi connectivity index (χ1v) is 11.8. The van der Waals surface area contributed by atoms with Crippen molar-refractivity contribution in [1.29, 1.82) is 0 Å². The molecule has 0 aliphatic heterocycles. The van der Waals surface area contributed by atoms with Crippen LogP contribution in [0.25, 0.3) is 10.9 Å². The third-order valence-electron chi connectivity index (χ3n) is 5.88. The molecular weight excluding hydrogens is 480 g/mol. The first-order chi connectivity index (χ1) is 16.4. The predicted molar refractivity (Wildman–Crippen MR) is 129 cm³/mol. The van der Waals surface area contributed by atoms with Crippen LogP contribution in [-0.4, -0.2) is 29.4 Å². The number of halogens is 3. The van der Waals surface area contributed by atoms with Crippen molar-refractivity contribution in [2.75, 3.05) is 6.61 Å². The molecule has 0 saturated heterocycles. The van der Waals surface area contributed by atoms with Gasteiger partial charge in [-0.2, -0.15) is 0 Å². The molecule has 0 atom stereocenters. The number of aromatic nitrogens is 1. The topological polar surface area (TPSA) is 80.3 Å². The number of carbonyl (C=O) groups excluding carboxylic acids is 2. The Labute approximate surface area is 206 Å². The van der Waals surface area contributed by atoms with Gasteiger partial charge in [-0.15, -0.1) is 0 Å². The molecule has 3 aromatic rings. The molecule has 1 fully saturated rings. The minimum absolute atomic E-state index is 0.00325. The largest absolute Gasteiger partial charge is 0.484 e. The van der Waals surface area contributed by atoms with Crippen LogP contribution >= 0.6 is 23.2 Å². The highest BCUT2D eigenvalue weighted by Crippen LogP contribution is 2.25. The number of ether oxygens (including phenoxy) is 1. The molecule has 0 radical (unpaired) electrons. The molecular formula is C25H24Cl2FN3O3. The predicted octanol–water partition coefficient (Wildman–Crippen LogP) is 5.05. The Morgan fingerprint density at radius 2 is 1.82 bits per heavy atom. The summed E-state index contributed by atoms with van der Waals surface area (Å²) in [4.78, 5) is 29.4. The second-order valence-electron chi connectivity index (χ2n) is 8.34. The molecule has 1 aliphatic carbocycles. The van der Waals surface area contributed by atoms with Gasteiger partial charge in [-0.05, 0) is 62.1 Å². The molecule has 4 rings (SSSR count). The highest BCUT2D eigenvalue weighted by molar-refractivity contribution is 6.31. The zero-order valence-corrected chi connectivity index (χ0v) is 19.8. The fraction of sp³-hybridized carbons (Fsp3) is 0.320. The first kappa shape index (κ1) is 24.2. The van der Waals surface area contributed by atoms with Gasteiger partial charge in [-0.1, -0.05) is 29.3 Å². The van der Waals surface area contributed by atoms with Crippen LogP contribution < -0.4 is 15.4 Å². The van der Waals surface area contributed by atoms with Crippen molar-refractivity contribution in [3.8, 4) is 5.75 Å². The van der Waals surface area contributed by atoms with Crippen molar-refractivity contribution >= 4 is 45.9 Å². The average Bonchev–Trinajstić information content (AvgIpc) is 2.83. The van der Waals surface area contributed by atoms with E-state index in [2.05, 4.69) is 15.6 Å². The van der Waals surface area contributed by atoms with Gasteiger partial charge in [0.25, 0.3) is 5.91 Å².